The van der Waals surface area contributed by atoms with Crippen molar-refractivity contribution in [3.8, 4) is 5.88 Å². The highest BCUT2D eigenvalue weighted by Crippen LogP contribution is 2.24. The van der Waals surface area contributed by atoms with Gasteiger partial charge in [0.2, 0.25) is 5.88 Å². The number of para-hydroxylation sites is 1. The fourth-order valence-corrected chi connectivity index (χ4v) is 3.59. The second-order valence-corrected chi connectivity index (χ2v) is 8.45. The number of carbonyl (C=O) groups is 1. The average molecular weight is 374 g/mol. The molecule has 0 spiro atoms. The summed E-state index contributed by atoms with van der Waals surface area (Å²) >= 11 is 0. The van der Waals surface area contributed by atoms with Crippen molar-refractivity contribution >= 4 is 16.8 Å². The number of rotatable bonds is 3. The predicted molar refractivity (Wildman–Crippen MR) is 112 cm³/mol. The summed E-state index contributed by atoms with van der Waals surface area (Å²) in [7, 11) is 0. The number of aromatic nitrogens is 1. The van der Waals surface area contributed by atoms with Gasteiger partial charge in [0.25, 0.3) is 5.91 Å². The van der Waals surface area contributed by atoms with Gasteiger partial charge in [-0.1, -0.05) is 51.1 Å². The number of nitrogens with zero attached hydrogens (tertiary/aromatic N) is 2. The van der Waals surface area contributed by atoms with Gasteiger partial charge in [0.05, 0.1) is 12.1 Å². The van der Waals surface area contributed by atoms with E-state index in [0.29, 0.717) is 19.0 Å². The molecule has 1 aliphatic rings. The Hall–Kier alpha value is -2.88. The van der Waals surface area contributed by atoms with E-state index in [2.05, 4.69) is 37.9 Å². The first kappa shape index (κ1) is 18.5. The normalized spacial score (nSPS) is 17.1. The molecule has 1 aromatic heterocycles. The van der Waals surface area contributed by atoms with Gasteiger partial charge >= 0.3 is 0 Å². The Morgan fingerprint density at radius 1 is 1.04 bits per heavy atom. The van der Waals surface area contributed by atoms with Gasteiger partial charge in [0.1, 0.15) is 6.10 Å². The minimum atomic E-state index is -0.0218. The number of pyridine rings is 1. The van der Waals surface area contributed by atoms with Crippen molar-refractivity contribution < 1.29 is 9.53 Å². The minimum Gasteiger partial charge on any atom is -0.472 e. The fourth-order valence-electron chi connectivity index (χ4n) is 3.59. The van der Waals surface area contributed by atoms with Gasteiger partial charge in [-0.25, -0.2) is 4.98 Å². The van der Waals surface area contributed by atoms with Crippen molar-refractivity contribution in [3.05, 3.63) is 71.8 Å². The molecule has 1 saturated heterocycles. The molecule has 1 aliphatic heterocycles. The van der Waals surface area contributed by atoms with E-state index in [1.165, 1.54) is 5.56 Å². The molecule has 0 saturated carbocycles. The molecule has 144 valence electrons. The third-order valence-corrected chi connectivity index (χ3v) is 5.29. The number of carbonyl (C=O) groups excluding carboxylic acids is 1. The minimum absolute atomic E-state index is 0.0218. The third kappa shape index (κ3) is 3.86. The molecule has 1 fully saturated rings. The van der Waals surface area contributed by atoms with Crippen LogP contribution in [0.1, 0.15) is 43.1 Å². The molecule has 0 aliphatic carbocycles. The van der Waals surface area contributed by atoms with Crippen molar-refractivity contribution in [2.24, 2.45) is 0 Å². The van der Waals surface area contributed by atoms with Gasteiger partial charge in [0, 0.05) is 30.0 Å². The van der Waals surface area contributed by atoms with Crippen LogP contribution < -0.4 is 4.74 Å². The standard InChI is InChI=1S/C24H26N2O2/c1-24(2,3)19-11-8-18(9-12-19)23(27)26-15-14-20(16-26)28-22-13-10-17-6-4-5-7-21(17)25-22/h4-13,20H,14-16H2,1-3H3. The zero-order valence-corrected chi connectivity index (χ0v) is 16.7. The summed E-state index contributed by atoms with van der Waals surface area (Å²) in [5, 5.41) is 1.09. The lowest BCUT2D eigenvalue weighted by Crippen LogP contribution is -2.31. The summed E-state index contributed by atoms with van der Waals surface area (Å²) in [5.74, 6) is 0.686. The van der Waals surface area contributed by atoms with E-state index < -0.39 is 0 Å². The van der Waals surface area contributed by atoms with E-state index >= 15 is 0 Å². The molecule has 4 nitrogen and oxygen atoms in total. The van der Waals surface area contributed by atoms with Crippen molar-refractivity contribution in [1.29, 1.82) is 0 Å². The summed E-state index contributed by atoms with van der Waals surface area (Å²) in [6, 6.07) is 19.9. The molecule has 0 N–H and O–H groups in total. The van der Waals surface area contributed by atoms with Crippen molar-refractivity contribution in [2.45, 2.75) is 38.7 Å². The monoisotopic (exact) mass is 374 g/mol. The van der Waals surface area contributed by atoms with Crippen LogP contribution in [0.15, 0.2) is 60.7 Å². The van der Waals surface area contributed by atoms with Crippen LogP contribution in [0.3, 0.4) is 0 Å². The van der Waals surface area contributed by atoms with Crippen LogP contribution in [-0.2, 0) is 5.41 Å². The molecule has 2 aromatic carbocycles. The zero-order chi connectivity index (χ0) is 19.7. The lowest BCUT2D eigenvalue weighted by atomic mass is 9.86. The predicted octanol–water partition coefficient (Wildman–Crippen LogP) is 4.83. The van der Waals surface area contributed by atoms with Crippen LogP contribution in [0.25, 0.3) is 10.9 Å². The largest absolute Gasteiger partial charge is 0.472 e. The summed E-state index contributed by atoms with van der Waals surface area (Å²) in [4.78, 5) is 19.3. The molecule has 1 atom stereocenters. The Bertz CT molecular complexity index is 989. The van der Waals surface area contributed by atoms with Crippen molar-refractivity contribution in [2.75, 3.05) is 13.1 Å². The van der Waals surface area contributed by atoms with E-state index in [0.717, 1.165) is 22.9 Å². The van der Waals surface area contributed by atoms with Gasteiger partial charge in [0.15, 0.2) is 0 Å². The Morgan fingerprint density at radius 2 is 1.79 bits per heavy atom. The number of hydrogen-bond acceptors (Lipinski definition) is 3. The second kappa shape index (κ2) is 7.27. The summed E-state index contributed by atoms with van der Waals surface area (Å²) in [6.45, 7) is 7.82. The number of amides is 1. The second-order valence-electron chi connectivity index (χ2n) is 8.45. The van der Waals surface area contributed by atoms with Crippen LogP contribution >= 0.6 is 0 Å². The van der Waals surface area contributed by atoms with E-state index in [1.807, 2.05) is 53.4 Å². The number of hydrogen-bond donors (Lipinski definition) is 0. The first-order valence-corrected chi connectivity index (χ1v) is 9.82. The van der Waals surface area contributed by atoms with E-state index in [4.69, 9.17) is 4.74 Å². The molecule has 2 heterocycles. The first-order valence-electron chi connectivity index (χ1n) is 9.82. The van der Waals surface area contributed by atoms with Crippen LogP contribution in [0, 0.1) is 0 Å². The van der Waals surface area contributed by atoms with Gasteiger partial charge in [-0.2, -0.15) is 0 Å². The van der Waals surface area contributed by atoms with Crippen molar-refractivity contribution in [1.82, 2.24) is 9.88 Å². The molecule has 28 heavy (non-hydrogen) atoms. The van der Waals surface area contributed by atoms with Gasteiger partial charge in [-0.15, -0.1) is 0 Å². The summed E-state index contributed by atoms with van der Waals surface area (Å²) in [5.41, 5.74) is 2.97. The maximum absolute atomic E-state index is 12.8. The number of ether oxygens (including phenoxy) is 1. The van der Waals surface area contributed by atoms with E-state index in [-0.39, 0.29) is 17.4 Å². The highest BCUT2D eigenvalue weighted by atomic mass is 16.5. The highest BCUT2D eigenvalue weighted by molar-refractivity contribution is 5.94. The van der Waals surface area contributed by atoms with Crippen molar-refractivity contribution in [3.63, 3.8) is 0 Å². The highest BCUT2D eigenvalue weighted by Gasteiger charge is 2.28. The molecule has 1 unspecified atom stereocenters. The Labute approximate surface area is 166 Å². The molecular weight excluding hydrogens is 348 g/mol. The quantitative estimate of drug-likeness (QED) is 0.660. The van der Waals surface area contributed by atoms with E-state index in [1.54, 1.807) is 0 Å². The number of fused-ring (bicyclic) bond motifs is 1. The van der Waals surface area contributed by atoms with Crippen LogP contribution in [0.2, 0.25) is 0 Å². The Morgan fingerprint density at radius 3 is 2.54 bits per heavy atom. The third-order valence-electron chi connectivity index (χ3n) is 5.29. The first-order chi connectivity index (χ1) is 13.4. The maximum atomic E-state index is 12.8. The van der Waals surface area contributed by atoms with Gasteiger partial charge in [-0.05, 0) is 35.2 Å². The molecule has 0 bridgehead atoms. The molecule has 1 amide bonds. The molecule has 4 heteroatoms. The lowest BCUT2D eigenvalue weighted by Gasteiger charge is -2.20. The Balaban J connectivity index is 1.41. The average Bonchev–Trinajstić information content (AvgIpc) is 3.15. The fraction of sp³-hybridized carbons (Fsp3) is 0.333. The molecule has 4 rings (SSSR count). The van der Waals surface area contributed by atoms with Crippen LogP contribution in [0.4, 0.5) is 0 Å². The Kier molecular flexibility index (Phi) is 4.80. The number of benzene rings is 2. The SMILES string of the molecule is CC(C)(C)c1ccc(C(=O)N2CCC(Oc3ccc4ccccc4n3)C2)cc1. The summed E-state index contributed by atoms with van der Waals surface area (Å²) in [6.07, 6.45) is 0.798. The number of likely N-dealkylation sites (tertiary alicyclic amines) is 1. The zero-order valence-electron chi connectivity index (χ0n) is 16.7. The molecule has 0 radical (unpaired) electrons. The van der Waals surface area contributed by atoms with Crippen LogP contribution in [0.5, 0.6) is 5.88 Å². The topological polar surface area (TPSA) is 42.4 Å². The summed E-state index contributed by atoms with van der Waals surface area (Å²) < 4.78 is 6.06. The van der Waals surface area contributed by atoms with Gasteiger partial charge in [-0.3, -0.25) is 4.79 Å². The lowest BCUT2D eigenvalue weighted by molar-refractivity contribution is 0.0771. The van der Waals surface area contributed by atoms with Crippen LogP contribution in [-0.4, -0.2) is 35.0 Å². The smallest absolute Gasteiger partial charge is 0.253 e. The van der Waals surface area contributed by atoms with E-state index in [9.17, 15) is 4.79 Å². The maximum Gasteiger partial charge on any atom is 0.253 e. The molecular formula is C24H26N2O2. The van der Waals surface area contributed by atoms with Gasteiger partial charge < -0.3 is 9.64 Å². The molecule has 3 aromatic rings.